The summed E-state index contributed by atoms with van der Waals surface area (Å²) in [6.45, 7) is 8.58. The number of halogens is 1. The Morgan fingerprint density at radius 3 is 2.62 bits per heavy atom. The molecule has 1 unspecified atom stereocenters. The molecule has 0 aliphatic rings. The maximum absolute atomic E-state index is 13.4. The van der Waals surface area contributed by atoms with Gasteiger partial charge in [-0.05, 0) is 37.8 Å². The molecule has 0 heterocycles. The van der Waals surface area contributed by atoms with Crippen LogP contribution in [-0.4, -0.2) is 29.9 Å². The van der Waals surface area contributed by atoms with E-state index in [0.717, 1.165) is 19.3 Å². The highest BCUT2D eigenvalue weighted by atomic mass is 19.1. The lowest BCUT2D eigenvalue weighted by atomic mass is 9.90. The normalized spacial score (nSPS) is 14.2. The Morgan fingerprint density at radius 2 is 2.10 bits per heavy atom. The molecule has 1 rings (SSSR count). The van der Waals surface area contributed by atoms with Crippen molar-refractivity contribution in [2.75, 3.05) is 13.2 Å². The third kappa shape index (κ3) is 5.64. The van der Waals surface area contributed by atoms with E-state index in [4.69, 9.17) is 4.74 Å². The van der Waals surface area contributed by atoms with Crippen molar-refractivity contribution in [3.8, 4) is 5.75 Å². The Morgan fingerprint density at radius 1 is 1.38 bits per heavy atom. The molecule has 1 aromatic rings. The lowest BCUT2D eigenvalue weighted by molar-refractivity contribution is 0.129. The summed E-state index contributed by atoms with van der Waals surface area (Å²) in [4.78, 5) is 0. The van der Waals surface area contributed by atoms with Crippen molar-refractivity contribution < 1.29 is 14.2 Å². The molecule has 3 nitrogen and oxygen atoms in total. The van der Waals surface area contributed by atoms with Gasteiger partial charge in [0, 0.05) is 17.6 Å². The van der Waals surface area contributed by atoms with Crippen LogP contribution in [0.25, 0.3) is 0 Å². The molecule has 2 N–H and O–H groups in total. The molecule has 0 amide bonds. The summed E-state index contributed by atoms with van der Waals surface area (Å²) in [5.41, 5.74) is 0.365. The molecule has 0 radical (unpaired) electrons. The zero-order valence-electron chi connectivity index (χ0n) is 13.6. The topological polar surface area (TPSA) is 41.5 Å². The summed E-state index contributed by atoms with van der Waals surface area (Å²) < 4.78 is 19.0. The van der Waals surface area contributed by atoms with Crippen LogP contribution in [-0.2, 0) is 0 Å². The van der Waals surface area contributed by atoms with Crippen molar-refractivity contribution in [3.05, 3.63) is 29.6 Å². The second kappa shape index (κ2) is 8.35. The summed E-state index contributed by atoms with van der Waals surface area (Å²) in [6, 6.07) is 5.24. The van der Waals surface area contributed by atoms with Gasteiger partial charge in [0.05, 0.1) is 13.2 Å². The molecule has 0 saturated carbocycles. The minimum atomic E-state index is -0.254. The van der Waals surface area contributed by atoms with Gasteiger partial charge >= 0.3 is 0 Å². The molecule has 0 aliphatic heterocycles. The first kappa shape index (κ1) is 17.9. The Labute approximate surface area is 127 Å². The van der Waals surface area contributed by atoms with Crippen LogP contribution < -0.4 is 10.1 Å². The maximum Gasteiger partial charge on any atom is 0.129 e. The fourth-order valence-electron chi connectivity index (χ4n) is 2.46. The van der Waals surface area contributed by atoms with Crippen LogP contribution in [0.15, 0.2) is 18.2 Å². The van der Waals surface area contributed by atoms with Gasteiger partial charge in [-0.1, -0.05) is 26.8 Å². The Kier molecular flexibility index (Phi) is 7.12. The number of ether oxygens (including phenoxy) is 1. The highest BCUT2D eigenvalue weighted by molar-refractivity contribution is 5.27. The molecule has 0 bridgehead atoms. The van der Waals surface area contributed by atoms with E-state index in [-0.39, 0.29) is 18.0 Å². The van der Waals surface area contributed by atoms with E-state index in [0.29, 0.717) is 24.0 Å². The largest absolute Gasteiger partial charge is 0.493 e. The van der Waals surface area contributed by atoms with Crippen molar-refractivity contribution >= 4 is 0 Å². The van der Waals surface area contributed by atoms with Gasteiger partial charge in [0.25, 0.3) is 0 Å². The van der Waals surface area contributed by atoms with Crippen molar-refractivity contribution in [1.82, 2.24) is 5.32 Å². The Balaban J connectivity index is 2.45. The third-order valence-electron chi connectivity index (χ3n) is 3.79. The average Bonchev–Trinajstić information content (AvgIpc) is 2.45. The van der Waals surface area contributed by atoms with Crippen LogP contribution in [0.3, 0.4) is 0 Å². The predicted molar refractivity (Wildman–Crippen MR) is 84.2 cm³/mol. The number of nitrogens with one attached hydrogen (secondary N) is 1. The van der Waals surface area contributed by atoms with E-state index < -0.39 is 0 Å². The number of rotatable bonds is 9. The van der Waals surface area contributed by atoms with Gasteiger partial charge in [-0.25, -0.2) is 4.39 Å². The van der Waals surface area contributed by atoms with Crippen molar-refractivity contribution in [2.45, 2.75) is 58.5 Å². The molecular formula is C17H28FNO2. The lowest BCUT2D eigenvalue weighted by Crippen LogP contribution is -2.51. The van der Waals surface area contributed by atoms with E-state index in [2.05, 4.69) is 26.1 Å². The first-order chi connectivity index (χ1) is 9.92. The van der Waals surface area contributed by atoms with Gasteiger partial charge in [0.15, 0.2) is 0 Å². The number of benzene rings is 1. The minimum Gasteiger partial charge on any atom is -0.493 e. The van der Waals surface area contributed by atoms with Crippen LogP contribution in [0.1, 0.15) is 45.6 Å². The Hall–Kier alpha value is -1.13. The van der Waals surface area contributed by atoms with Crippen LogP contribution in [0.5, 0.6) is 5.75 Å². The molecule has 0 aliphatic carbocycles. The lowest BCUT2D eigenvalue weighted by Gasteiger charge is -2.34. The summed E-state index contributed by atoms with van der Waals surface area (Å²) in [5, 5.41) is 13.1. The van der Waals surface area contributed by atoms with E-state index in [1.54, 1.807) is 19.1 Å². The average molecular weight is 297 g/mol. The van der Waals surface area contributed by atoms with E-state index in [1.807, 2.05) is 0 Å². The molecule has 1 atom stereocenters. The third-order valence-corrected chi connectivity index (χ3v) is 3.79. The zero-order chi connectivity index (χ0) is 15.9. The number of aliphatic hydroxyl groups is 1. The predicted octanol–water partition coefficient (Wildman–Crippen LogP) is 3.43. The van der Waals surface area contributed by atoms with Gasteiger partial charge < -0.3 is 15.2 Å². The maximum atomic E-state index is 13.4. The molecule has 1 aromatic carbocycles. The molecule has 4 heteroatoms. The zero-order valence-corrected chi connectivity index (χ0v) is 13.6. The van der Waals surface area contributed by atoms with Gasteiger partial charge in [-0.15, -0.1) is 0 Å². The summed E-state index contributed by atoms with van der Waals surface area (Å²) in [5.74, 6) is 0.313. The van der Waals surface area contributed by atoms with Gasteiger partial charge in [0.2, 0.25) is 0 Å². The number of hydrogen-bond acceptors (Lipinski definition) is 3. The first-order valence-electron chi connectivity index (χ1n) is 7.70. The molecule has 21 heavy (non-hydrogen) atoms. The SMILES string of the molecule is CCC(CO)(CCCOc1ccc(C)c(F)c1)NC(C)C. The fraction of sp³-hybridized carbons (Fsp3) is 0.647. The van der Waals surface area contributed by atoms with Crippen LogP contribution in [0.2, 0.25) is 0 Å². The molecule has 0 fully saturated rings. The second-order valence-corrected chi connectivity index (χ2v) is 5.95. The quantitative estimate of drug-likeness (QED) is 0.686. The second-order valence-electron chi connectivity index (χ2n) is 5.95. The van der Waals surface area contributed by atoms with E-state index in [1.165, 1.54) is 6.07 Å². The molecule has 0 spiro atoms. The standard InChI is InChI=1S/C17H28FNO2/c1-5-17(12-20,19-13(2)3)9-6-10-21-15-8-7-14(4)16(18)11-15/h7-8,11,13,19-20H,5-6,9-10,12H2,1-4H3. The molecule has 120 valence electrons. The summed E-state index contributed by atoms with van der Waals surface area (Å²) >= 11 is 0. The Bertz CT molecular complexity index is 431. The van der Waals surface area contributed by atoms with Gasteiger partial charge in [-0.3, -0.25) is 0 Å². The number of aliphatic hydroxyl groups excluding tert-OH is 1. The van der Waals surface area contributed by atoms with Crippen molar-refractivity contribution in [1.29, 1.82) is 0 Å². The number of hydrogen-bond donors (Lipinski definition) is 2. The summed E-state index contributed by atoms with van der Waals surface area (Å²) in [7, 11) is 0. The van der Waals surface area contributed by atoms with Crippen LogP contribution >= 0.6 is 0 Å². The first-order valence-corrected chi connectivity index (χ1v) is 7.70. The van der Waals surface area contributed by atoms with Crippen LogP contribution in [0, 0.1) is 12.7 Å². The monoisotopic (exact) mass is 297 g/mol. The van der Waals surface area contributed by atoms with Gasteiger partial charge in [0.1, 0.15) is 11.6 Å². The van der Waals surface area contributed by atoms with E-state index in [9.17, 15) is 9.50 Å². The highest BCUT2D eigenvalue weighted by Gasteiger charge is 2.27. The van der Waals surface area contributed by atoms with Gasteiger partial charge in [-0.2, -0.15) is 0 Å². The molecule has 0 aromatic heterocycles. The molecular weight excluding hydrogens is 269 g/mol. The minimum absolute atomic E-state index is 0.112. The smallest absolute Gasteiger partial charge is 0.129 e. The highest BCUT2D eigenvalue weighted by Crippen LogP contribution is 2.20. The van der Waals surface area contributed by atoms with Crippen LogP contribution in [0.4, 0.5) is 4.39 Å². The number of aryl methyl sites for hydroxylation is 1. The van der Waals surface area contributed by atoms with Crippen molar-refractivity contribution in [3.63, 3.8) is 0 Å². The van der Waals surface area contributed by atoms with E-state index >= 15 is 0 Å². The summed E-state index contributed by atoms with van der Waals surface area (Å²) in [6.07, 6.45) is 2.50. The fourth-order valence-corrected chi connectivity index (χ4v) is 2.46. The van der Waals surface area contributed by atoms with Crippen molar-refractivity contribution in [2.24, 2.45) is 0 Å². The molecule has 0 saturated heterocycles.